The van der Waals surface area contributed by atoms with Crippen LogP contribution in [0.3, 0.4) is 0 Å². The lowest BCUT2D eigenvalue weighted by Gasteiger charge is -2.56. The summed E-state index contributed by atoms with van der Waals surface area (Å²) in [6.45, 7) is 7.69. The minimum atomic E-state index is -4.74. The maximum atomic E-state index is 14.7. The molecule has 3 aliphatic heterocycles. The van der Waals surface area contributed by atoms with Crippen molar-refractivity contribution in [1.29, 1.82) is 0 Å². The molecule has 4 fully saturated rings. The SMILES string of the molecule is CC(C)c1ccccc1[C@@H]1CCC(=O)N1C1CC2(CCN(c3ccc(C(=O)NS(=O)(=O)c4cc5c(c([N+](=O)[O-])c4)N[C@@H](C4CCC(C)(O)CC4)CO5)c(Oc4cnc5[nH]cc(F)c5c4)c3)CC2)C1. The number of H-pyrrole nitrogens is 1. The van der Waals surface area contributed by atoms with Gasteiger partial charge in [0.05, 0.1) is 44.7 Å². The summed E-state index contributed by atoms with van der Waals surface area (Å²) in [4.78, 5) is 50.0. The molecular weight excluding hydrogens is 894 g/mol. The van der Waals surface area contributed by atoms with Crippen molar-refractivity contribution >= 4 is 49.9 Å². The maximum absolute atomic E-state index is 14.7. The number of nitrogens with zero attached hydrogens (tertiary/aromatic N) is 4. The largest absolute Gasteiger partial charge is 0.489 e. The molecular formula is C50H56FN7O9S. The standard InChI is InChI=1S/C50H56FN7O9S/c1-29(2)35-6-4-5-7-36(35)41-10-11-45(59)57(41)32-24-50(25-32)16-18-56(19-17-50)31-8-9-37(43(20-31)67-33-21-38-39(51)27-53-47(38)52-26-33)48(60)55-68(64,65)34-22-42(58(62)63)46-44(23-34)66-28-40(54-46)30-12-14-49(3,61)15-13-30/h4-9,20-23,26-27,29-30,32,40-41,54,61H,10-19,24-25,28H2,1-3H3,(H,52,53)(H,55,60)/t30?,40-,41+,49?/m1/s1. The molecule has 16 nitrogen and oxygen atoms in total. The predicted molar refractivity (Wildman–Crippen MR) is 252 cm³/mol. The van der Waals surface area contributed by atoms with E-state index < -0.39 is 42.9 Å². The molecule has 4 N–H and O–H groups in total. The van der Waals surface area contributed by atoms with Gasteiger partial charge in [-0.1, -0.05) is 38.1 Å². The van der Waals surface area contributed by atoms with Crippen LogP contribution in [0.2, 0.25) is 0 Å². The number of piperidine rings is 1. The number of nitro benzene ring substituents is 1. The number of nitro groups is 1. The minimum Gasteiger partial charge on any atom is -0.489 e. The summed E-state index contributed by atoms with van der Waals surface area (Å²) in [6, 6.07) is 16.8. The highest BCUT2D eigenvalue weighted by Gasteiger charge is 2.52. The highest BCUT2D eigenvalue weighted by atomic mass is 32.2. The topological polar surface area (TPSA) is 209 Å². The molecule has 358 valence electrons. The zero-order valence-electron chi connectivity index (χ0n) is 38.3. The van der Waals surface area contributed by atoms with Crippen LogP contribution >= 0.6 is 0 Å². The van der Waals surface area contributed by atoms with E-state index in [1.54, 1.807) is 19.1 Å². The summed E-state index contributed by atoms with van der Waals surface area (Å²) in [5, 5.41) is 26.2. The summed E-state index contributed by atoms with van der Waals surface area (Å²) in [5.74, 6) is -0.927. The van der Waals surface area contributed by atoms with Crippen molar-refractivity contribution in [2.24, 2.45) is 11.3 Å². The summed E-state index contributed by atoms with van der Waals surface area (Å²) in [7, 11) is -4.74. The van der Waals surface area contributed by atoms with Gasteiger partial charge in [0.25, 0.3) is 21.6 Å². The van der Waals surface area contributed by atoms with Gasteiger partial charge in [-0.05, 0) is 111 Å². The third-order valence-corrected chi connectivity index (χ3v) is 16.6. The number of amides is 2. The Morgan fingerprint density at radius 2 is 1.81 bits per heavy atom. The molecule has 2 aliphatic carbocycles. The van der Waals surface area contributed by atoms with Crippen LogP contribution in [0, 0.1) is 27.3 Å². The van der Waals surface area contributed by atoms with Gasteiger partial charge in [-0.3, -0.25) is 19.7 Å². The second kappa shape index (κ2) is 17.4. The molecule has 2 atom stereocenters. The quantitative estimate of drug-likeness (QED) is 0.0723. The predicted octanol–water partition coefficient (Wildman–Crippen LogP) is 8.87. The number of fused-ring (bicyclic) bond motifs is 2. The number of rotatable bonds is 11. The molecule has 1 spiro atoms. The Bertz CT molecular complexity index is 2920. The van der Waals surface area contributed by atoms with Gasteiger partial charge in [-0.25, -0.2) is 22.5 Å². The van der Waals surface area contributed by atoms with E-state index in [-0.39, 0.29) is 81.5 Å². The van der Waals surface area contributed by atoms with E-state index in [1.807, 2.05) is 0 Å². The Hall–Kier alpha value is -6.27. The number of nitrogens with one attached hydrogen (secondary N) is 3. The fourth-order valence-electron chi connectivity index (χ4n) is 11.4. The van der Waals surface area contributed by atoms with E-state index in [0.717, 1.165) is 49.9 Å². The van der Waals surface area contributed by atoms with Crippen LogP contribution < -0.4 is 24.4 Å². The first kappa shape index (κ1) is 45.5. The number of carbonyl (C=O) groups excluding carboxylic acids is 2. The number of benzene rings is 3. The highest BCUT2D eigenvalue weighted by Crippen LogP contribution is 2.55. The van der Waals surface area contributed by atoms with Crippen LogP contribution in [0.4, 0.5) is 21.5 Å². The molecule has 3 aromatic carbocycles. The number of carbonyl (C=O) groups is 2. The number of hydrogen-bond acceptors (Lipinski definition) is 12. The first-order valence-corrected chi connectivity index (χ1v) is 25.1. The molecule has 5 aromatic rings. The number of aromatic nitrogens is 2. The molecule has 0 bridgehead atoms. The lowest BCUT2D eigenvalue weighted by atomic mass is 9.59. The van der Waals surface area contributed by atoms with Crippen molar-refractivity contribution in [2.75, 3.05) is 29.9 Å². The zero-order chi connectivity index (χ0) is 47.7. The number of likely N-dealkylation sites (tertiary alicyclic amines) is 1. The van der Waals surface area contributed by atoms with Gasteiger partial charge in [-0.15, -0.1) is 0 Å². The van der Waals surface area contributed by atoms with Crippen LogP contribution in [0.1, 0.15) is 118 Å². The second-order valence-electron chi connectivity index (χ2n) is 20.1. The Morgan fingerprint density at radius 1 is 1.06 bits per heavy atom. The van der Waals surface area contributed by atoms with E-state index >= 15 is 0 Å². The van der Waals surface area contributed by atoms with E-state index in [4.69, 9.17) is 9.47 Å². The average molecular weight is 950 g/mol. The van der Waals surface area contributed by atoms with Crippen LogP contribution in [0.15, 0.2) is 78.0 Å². The molecule has 2 amide bonds. The second-order valence-corrected chi connectivity index (χ2v) is 21.8. The Balaban J connectivity index is 0.867. The summed E-state index contributed by atoms with van der Waals surface area (Å²) in [5.41, 5.74) is 2.22. The molecule has 0 unspecified atom stereocenters. The van der Waals surface area contributed by atoms with E-state index in [1.165, 1.54) is 35.7 Å². The van der Waals surface area contributed by atoms with Gasteiger partial charge in [-0.2, -0.15) is 0 Å². The van der Waals surface area contributed by atoms with Crippen LogP contribution in [0.25, 0.3) is 11.0 Å². The number of sulfonamides is 1. The van der Waals surface area contributed by atoms with Crippen molar-refractivity contribution in [3.63, 3.8) is 0 Å². The van der Waals surface area contributed by atoms with Crippen LogP contribution in [0.5, 0.6) is 17.2 Å². The lowest BCUT2D eigenvalue weighted by molar-refractivity contribution is -0.384. The molecule has 68 heavy (non-hydrogen) atoms. The Kier molecular flexibility index (Phi) is 11.6. The molecule has 2 saturated carbocycles. The van der Waals surface area contributed by atoms with Gasteiger partial charge >= 0.3 is 0 Å². The molecule has 10 rings (SSSR count). The summed E-state index contributed by atoms with van der Waals surface area (Å²) >= 11 is 0. The zero-order valence-corrected chi connectivity index (χ0v) is 39.1. The number of anilines is 2. The average Bonchev–Trinajstić information content (AvgIpc) is 3.88. The number of hydrogen-bond donors (Lipinski definition) is 4. The monoisotopic (exact) mass is 949 g/mol. The van der Waals surface area contributed by atoms with Gasteiger partial charge in [0.2, 0.25) is 5.91 Å². The molecule has 2 saturated heterocycles. The molecule has 5 aliphatic rings. The van der Waals surface area contributed by atoms with Crippen molar-refractivity contribution in [2.45, 2.75) is 120 Å². The van der Waals surface area contributed by atoms with Gasteiger partial charge in [0.15, 0.2) is 11.4 Å². The van der Waals surface area contributed by atoms with E-state index in [2.05, 4.69) is 67.9 Å². The minimum absolute atomic E-state index is 0.0178. The Labute approximate surface area is 393 Å². The number of halogens is 1. The van der Waals surface area contributed by atoms with Gasteiger partial charge < -0.3 is 34.7 Å². The van der Waals surface area contributed by atoms with E-state index in [0.29, 0.717) is 51.1 Å². The van der Waals surface area contributed by atoms with Crippen molar-refractivity contribution < 1.29 is 41.9 Å². The Morgan fingerprint density at radius 3 is 2.54 bits per heavy atom. The first-order valence-electron chi connectivity index (χ1n) is 23.6. The third-order valence-electron chi connectivity index (χ3n) is 15.3. The van der Waals surface area contributed by atoms with Crippen LogP contribution in [-0.2, 0) is 14.8 Å². The number of pyridine rings is 1. The molecule has 18 heteroatoms. The van der Waals surface area contributed by atoms with Crippen molar-refractivity contribution in [1.82, 2.24) is 19.6 Å². The smallest absolute Gasteiger partial charge is 0.297 e. The van der Waals surface area contributed by atoms with Crippen LogP contribution in [-0.4, -0.2) is 82.5 Å². The van der Waals surface area contributed by atoms with Gasteiger partial charge in [0, 0.05) is 55.6 Å². The van der Waals surface area contributed by atoms with Crippen molar-refractivity contribution in [3.8, 4) is 17.2 Å². The van der Waals surface area contributed by atoms with Crippen molar-refractivity contribution in [3.05, 3.63) is 106 Å². The number of aliphatic hydroxyl groups is 1. The maximum Gasteiger partial charge on any atom is 0.297 e. The molecule has 0 radical (unpaired) electrons. The third kappa shape index (κ3) is 8.61. The number of ether oxygens (including phenoxy) is 2. The summed E-state index contributed by atoms with van der Waals surface area (Å²) in [6.07, 6.45) is 10.1. The van der Waals surface area contributed by atoms with Gasteiger partial charge in [0.1, 0.15) is 29.6 Å². The first-order chi connectivity index (χ1) is 32.5. The summed E-state index contributed by atoms with van der Waals surface area (Å²) < 4.78 is 56.9. The van der Waals surface area contributed by atoms with E-state index in [9.17, 15) is 37.6 Å². The molecule has 5 heterocycles. The lowest BCUT2D eigenvalue weighted by Crippen LogP contribution is -2.55. The fourth-order valence-corrected chi connectivity index (χ4v) is 12.4. The number of aromatic amines is 1. The molecule has 2 aromatic heterocycles. The normalized spacial score (nSPS) is 23.8. The fraction of sp³-hybridized carbons (Fsp3) is 0.460. The highest BCUT2D eigenvalue weighted by molar-refractivity contribution is 7.90.